The summed E-state index contributed by atoms with van der Waals surface area (Å²) in [7, 11) is 0. The van der Waals surface area contributed by atoms with Crippen molar-refractivity contribution in [1.29, 1.82) is 5.26 Å². The summed E-state index contributed by atoms with van der Waals surface area (Å²) in [6, 6.07) is 9.14. The molecule has 1 unspecified atom stereocenters. The van der Waals surface area contributed by atoms with Crippen LogP contribution in [0.1, 0.15) is 27.2 Å². The van der Waals surface area contributed by atoms with Gasteiger partial charge < -0.3 is 10.1 Å². The Kier molecular flexibility index (Phi) is 4.73. The third-order valence-electron chi connectivity index (χ3n) is 2.88. The van der Waals surface area contributed by atoms with E-state index in [1.807, 2.05) is 19.9 Å². The molecule has 0 saturated carbocycles. The summed E-state index contributed by atoms with van der Waals surface area (Å²) in [5.41, 5.74) is -0.322. The predicted octanol–water partition coefficient (Wildman–Crippen LogP) is 2.96. The van der Waals surface area contributed by atoms with Gasteiger partial charge in [0.25, 0.3) is 0 Å². The number of nitriles is 1. The van der Waals surface area contributed by atoms with Gasteiger partial charge in [0, 0.05) is 5.69 Å². The molecule has 4 heteroatoms. The molecule has 0 spiro atoms. The van der Waals surface area contributed by atoms with Gasteiger partial charge in [-0.1, -0.05) is 6.92 Å². The fraction of sp³-hybridized carbons (Fsp3) is 0.429. The van der Waals surface area contributed by atoms with Crippen LogP contribution in [0.25, 0.3) is 0 Å². The minimum absolute atomic E-state index is 0.281. The second-order valence-corrected chi connectivity index (χ2v) is 4.21. The predicted molar refractivity (Wildman–Crippen MR) is 70.3 cm³/mol. The smallest absolute Gasteiger partial charge is 0.244 e. The lowest BCUT2D eigenvalue weighted by Crippen LogP contribution is -2.31. The highest BCUT2D eigenvalue weighted by atomic mass is 16.5. The van der Waals surface area contributed by atoms with Crippen molar-refractivity contribution in [1.82, 2.24) is 0 Å². The molecule has 0 aliphatic rings. The highest BCUT2D eigenvalue weighted by Crippen LogP contribution is 2.23. The van der Waals surface area contributed by atoms with Crippen LogP contribution in [-0.4, -0.2) is 12.5 Å². The van der Waals surface area contributed by atoms with Gasteiger partial charge >= 0.3 is 0 Å². The van der Waals surface area contributed by atoms with Gasteiger partial charge in [-0.05, 0) is 44.5 Å². The number of carbonyl (C=O) groups excluding carboxylic acids is 1. The molecular formula is C14H18N2O2. The van der Waals surface area contributed by atoms with Crippen molar-refractivity contribution in [2.75, 3.05) is 11.9 Å². The zero-order chi connectivity index (χ0) is 13.6. The van der Waals surface area contributed by atoms with Crippen molar-refractivity contribution < 1.29 is 9.53 Å². The Morgan fingerprint density at radius 2 is 2.00 bits per heavy atom. The molecule has 1 rings (SSSR count). The molecule has 1 N–H and O–H groups in total. The monoisotopic (exact) mass is 246 g/mol. The summed E-state index contributed by atoms with van der Waals surface area (Å²) in [5.74, 6) is 0.477. The molecule has 1 aromatic rings. The van der Waals surface area contributed by atoms with Gasteiger partial charge in [0.2, 0.25) is 5.91 Å². The SMILES string of the molecule is CCOc1ccc(NC(=O)C(C)(C#N)CC)cc1. The number of anilines is 1. The zero-order valence-corrected chi connectivity index (χ0v) is 11.0. The van der Waals surface area contributed by atoms with Crippen molar-refractivity contribution in [3.63, 3.8) is 0 Å². The van der Waals surface area contributed by atoms with Crippen LogP contribution in [0.4, 0.5) is 5.69 Å². The number of nitrogens with one attached hydrogen (secondary N) is 1. The molecule has 18 heavy (non-hydrogen) atoms. The molecule has 0 aromatic heterocycles. The third-order valence-corrected chi connectivity index (χ3v) is 2.88. The van der Waals surface area contributed by atoms with Crippen molar-refractivity contribution in [3.8, 4) is 11.8 Å². The van der Waals surface area contributed by atoms with E-state index in [2.05, 4.69) is 5.32 Å². The van der Waals surface area contributed by atoms with Crippen LogP contribution in [0, 0.1) is 16.7 Å². The molecule has 0 heterocycles. The van der Waals surface area contributed by atoms with Crippen LogP contribution in [0.5, 0.6) is 5.75 Å². The summed E-state index contributed by atoms with van der Waals surface area (Å²) in [5, 5.41) is 11.8. The minimum Gasteiger partial charge on any atom is -0.494 e. The summed E-state index contributed by atoms with van der Waals surface area (Å²) in [4.78, 5) is 11.9. The van der Waals surface area contributed by atoms with E-state index in [0.717, 1.165) is 5.75 Å². The fourth-order valence-electron chi connectivity index (χ4n) is 1.36. The molecule has 0 aliphatic heterocycles. The Hall–Kier alpha value is -2.02. The number of nitrogens with zero attached hydrogens (tertiary/aromatic N) is 1. The van der Waals surface area contributed by atoms with Crippen LogP contribution in [0.15, 0.2) is 24.3 Å². The van der Waals surface area contributed by atoms with Gasteiger partial charge in [-0.15, -0.1) is 0 Å². The summed E-state index contributed by atoms with van der Waals surface area (Å²) in [6.45, 7) is 5.97. The van der Waals surface area contributed by atoms with Gasteiger partial charge in [-0.3, -0.25) is 4.79 Å². The maximum atomic E-state index is 11.9. The quantitative estimate of drug-likeness (QED) is 0.868. The molecule has 1 atom stereocenters. The lowest BCUT2D eigenvalue weighted by Gasteiger charge is -2.18. The lowest BCUT2D eigenvalue weighted by atomic mass is 9.88. The van der Waals surface area contributed by atoms with E-state index in [9.17, 15) is 4.79 Å². The number of rotatable bonds is 5. The number of carbonyl (C=O) groups is 1. The Morgan fingerprint density at radius 3 is 2.44 bits per heavy atom. The van der Waals surface area contributed by atoms with Gasteiger partial charge in [-0.25, -0.2) is 0 Å². The Labute approximate surface area is 108 Å². The first-order chi connectivity index (χ1) is 8.55. The average Bonchev–Trinajstić information content (AvgIpc) is 2.40. The molecule has 1 aromatic carbocycles. The lowest BCUT2D eigenvalue weighted by molar-refractivity contribution is -0.122. The van der Waals surface area contributed by atoms with Gasteiger partial charge in [0.05, 0.1) is 12.7 Å². The van der Waals surface area contributed by atoms with Crippen molar-refractivity contribution in [2.24, 2.45) is 5.41 Å². The van der Waals surface area contributed by atoms with Crippen molar-refractivity contribution >= 4 is 11.6 Å². The number of ether oxygens (including phenoxy) is 1. The minimum atomic E-state index is -0.988. The topological polar surface area (TPSA) is 62.1 Å². The highest BCUT2D eigenvalue weighted by Gasteiger charge is 2.31. The molecule has 1 amide bonds. The van der Waals surface area contributed by atoms with Crippen LogP contribution < -0.4 is 10.1 Å². The Morgan fingerprint density at radius 1 is 1.39 bits per heavy atom. The Balaban J connectivity index is 2.74. The van der Waals surface area contributed by atoms with Crippen molar-refractivity contribution in [2.45, 2.75) is 27.2 Å². The van der Waals surface area contributed by atoms with E-state index in [-0.39, 0.29) is 5.91 Å². The summed E-state index contributed by atoms with van der Waals surface area (Å²) >= 11 is 0. The molecule has 96 valence electrons. The fourth-order valence-corrected chi connectivity index (χ4v) is 1.36. The normalized spacial score (nSPS) is 13.2. The van der Waals surface area contributed by atoms with E-state index in [0.29, 0.717) is 18.7 Å². The molecule has 0 saturated heterocycles. The third kappa shape index (κ3) is 3.24. The van der Waals surface area contributed by atoms with E-state index >= 15 is 0 Å². The van der Waals surface area contributed by atoms with Crippen LogP contribution in [-0.2, 0) is 4.79 Å². The number of amides is 1. The van der Waals surface area contributed by atoms with E-state index < -0.39 is 5.41 Å². The number of hydrogen-bond donors (Lipinski definition) is 1. The van der Waals surface area contributed by atoms with Gasteiger partial charge in [-0.2, -0.15) is 5.26 Å². The van der Waals surface area contributed by atoms with Gasteiger partial charge in [0.15, 0.2) is 0 Å². The first-order valence-corrected chi connectivity index (χ1v) is 6.01. The first-order valence-electron chi connectivity index (χ1n) is 6.01. The summed E-state index contributed by atoms with van der Waals surface area (Å²) < 4.78 is 5.31. The average molecular weight is 246 g/mol. The van der Waals surface area contributed by atoms with E-state index in [4.69, 9.17) is 10.00 Å². The van der Waals surface area contributed by atoms with Crippen molar-refractivity contribution in [3.05, 3.63) is 24.3 Å². The molecule has 4 nitrogen and oxygen atoms in total. The van der Waals surface area contributed by atoms with Crippen LogP contribution in [0.2, 0.25) is 0 Å². The van der Waals surface area contributed by atoms with Crippen LogP contribution >= 0.6 is 0 Å². The largest absolute Gasteiger partial charge is 0.494 e. The first kappa shape index (κ1) is 14.0. The Bertz CT molecular complexity index is 448. The maximum absolute atomic E-state index is 11.9. The van der Waals surface area contributed by atoms with Gasteiger partial charge in [0.1, 0.15) is 11.2 Å². The second-order valence-electron chi connectivity index (χ2n) is 4.21. The highest BCUT2D eigenvalue weighted by molar-refractivity contribution is 5.96. The van der Waals surface area contributed by atoms with E-state index in [1.165, 1.54) is 0 Å². The summed E-state index contributed by atoms with van der Waals surface area (Å²) in [6.07, 6.45) is 0.479. The van der Waals surface area contributed by atoms with Crippen LogP contribution in [0.3, 0.4) is 0 Å². The molecule has 0 aliphatic carbocycles. The maximum Gasteiger partial charge on any atom is 0.244 e. The second kappa shape index (κ2) is 6.06. The zero-order valence-electron chi connectivity index (χ0n) is 11.0. The van der Waals surface area contributed by atoms with E-state index in [1.54, 1.807) is 31.2 Å². The number of hydrogen-bond acceptors (Lipinski definition) is 3. The molecule has 0 radical (unpaired) electrons. The number of benzene rings is 1. The molecular weight excluding hydrogens is 228 g/mol. The molecule has 0 bridgehead atoms. The molecule has 0 fully saturated rings. The standard InChI is InChI=1S/C14H18N2O2/c1-4-14(3,10-15)13(17)16-11-6-8-12(9-7-11)18-5-2/h6-9H,4-5H2,1-3H3,(H,16,17).